The number of nitrogens with one attached hydrogen (secondary N) is 1. The molecule has 1 fully saturated rings. The van der Waals surface area contributed by atoms with Gasteiger partial charge in [-0.3, -0.25) is 4.98 Å². The lowest BCUT2D eigenvalue weighted by atomic mass is 9.94. The van der Waals surface area contributed by atoms with E-state index in [-0.39, 0.29) is 63.6 Å². The molecular formula is C29H21F6N5O. The fourth-order valence-corrected chi connectivity index (χ4v) is 5.16. The summed E-state index contributed by atoms with van der Waals surface area (Å²) in [6.45, 7) is 0.268. The average Bonchev–Trinajstić information content (AvgIpc) is 3.30. The number of hydrogen-bond donors (Lipinski definition) is 3. The first-order chi connectivity index (χ1) is 19.6. The Morgan fingerprint density at radius 1 is 0.829 bits per heavy atom. The monoisotopic (exact) mass is 569 g/mol. The van der Waals surface area contributed by atoms with Gasteiger partial charge in [-0.25, -0.2) is 31.3 Å². The molecule has 0 saturated carbocycles. The maximum Gasteiger partial charge on any atom is 0.161 e. The van der Waals surface area contributed by atoms with E-state index in [1.54, 1.807) is 4.90 Å². The van der Waals surface area contributed by atoms with Crippen LogP contribution in [0.4, 0.5) is 32.0 Å². The van der Waals surface area contributed by atoms with Crippen molar-refractivity contribution in [1.29, 1.82) is 0 Å². The first-order valence-corrected chi connectivity index (χ1v) is 12.6. The Hall–Kier alpha value is -4.42. The molecule has 210 valence electrons. The van der Waals surface area contributed by atoms with Gasteiger partial charge in [-0.1, -0.05) is 0 Å². The second-order valence-corrected chi connectivity index (χ2v) is 9.90. The van der Waals surface area contributed by atoms with Crippen LogP contribution >= 0.6 is 0 Å². The van der Waals surface area contributed by atoms with E-state index >= 15 is 0 Å². The molecule has 1 saturated heterocycles. The molecule has 2 aromatic heterocycles. The lowest BCUT2D eigenvalue weighted by Crippen LogP contribution is -2.51. The van der Waals surface area contributed by atoms with E-state index in [1.807, 2.05) is 0 Å². The lowest BCUT2D eigenvalue weighted by Gasteiger charge is -2.38. The van der Waals surface area contributed by atoms with Gasteiger partial charge in [0.15, 0.2) is 11.6 Å². The van der Waals surface area contributed by atoms with Gasteiger partial charge >= 0.3 is 0 Å². The first kappa shape index (κ1) is 26.8. The van der Waals surface area contributed by atoms with Crippen molar-refractivity contribution in [3.8, 4) is 33.8 Å². The number of imidazole rings is 1. The van der Waals surface area contributed by atoms with E-state index in [9.17, 15) is 31.4 Å². The molecule has 3 aromatic carbocycles. The Labute approximate surface area is 229 Å². The Balaban J connectivity index is 1.71. The number of piperidine rings is 1. The normalized spacial score (nSPS) is 17.4. The number of aliphatic hydroxyl groups excluding tert-OH is 1. The summed E-state index contributed by atoms with van der Waals surface area (Å²) < 4.78 is 85.6. The highest BCUT2D eigenvalue weighted by Crippen LogP contribution is 2.45. The molecule has 1 aliphatic heterocycles. The van der Waals surface area contributed by atoms with Crippen molar-refractivity contribution >= 4 is 16.7 Å². The highest BCUT2D eigenvalue weighted by molar-refractivity contribution is 5.97. The number of nitrogens with two attached hydrogens (primary N) is 1. The summed E-state index contributed by atoms with van der Waals surface area (Å²) in [5.74, 6) is -5.76. The fraction of sp³-hybridized carbons (Fsp3) is 0.172. The predicted octanol–water partition coefficient (Wildman–Crippen LogP) is 5.69. The van der Waals surface area contributed by atoms with Gasteiger partial charge in [0.2, 0.25) is 0 Å². The molecule has 12 heteroatoms. The Bertz CT molecular complexity index is 1730. The smallest absolute Gasteiger partial charge is 0.161 e. The molecule has 0 aliphatic carbocycles. The number of β-amino-alcohol motifs (C(OH)–C–C–N with tert-alkyl or cyclic N) is 1. The predicted molar refractivity (Wildman–Crippen MR) is 141 cm³/mol. The largest absolute Gasteiger partial charge is 0.390 e. The van der Waals surface area contributed by atoms with Gasteiger partial charge in [-0.2, -0.15) is 0 Å². The Morgan fingerprint density at radius 2 is 1.44 bits per heavy atom. The highest BCUT2D eigenvalue weighted by Gasteiger charge is 2.31. The van der Waals surface area contributed by atoms with Crippen LogP contribution in [-0.4, -0.2) is 45.3 Å². The SMILES string of the molecule is N[C@@H]1CCN(c2c(-c3cc(F)cc(F)c3)cnc(-c3cc(F)cc(F)c3)c2-c2nc3cc(F)c(F)cc3[nH]2)C[C@@H]1O. The van der Waals surface area contributed by atoms with E-state index in [0.717, 1.165) is 36.4 Å². The van der Waals surface area contributed by atoms with E-state index in [0.29, 0.717) is 18.6 Å². The zero-order chi connectivity index (χ0) is 29.0. The maximum absolute atomic E-state index is 14.4. The molecule has 3 heterocycles. The molecule has 41 heavy (non-hydrogen) atoms. The van der Waals surface area contributed by atoms with Crippen LogP contribution in [-0.2, 0) is 0 Å². The number of halogens is 6. The molecule has 0 radical (unpaired) electrons. The van der Waals surface area contributed by atoms with Gasteiger partial charge in [0.1, 0.15) is 29.1 Å². The number of anilines is 1. The van der Waals surface area contributed by atoms with Gasteiger partial charge < -0.3 is 20.7 Å². The molecule has 6 rings (SSSR count). The summed E-state index contributed by atoms with van der Waals surface area (Å²) in [6.07, 6.45) is 0.643. The summed E-state index contributed by atoms with van der Waals surface area (Å²) in [6, 6.07) is 6.90. The third kappa shape index (κ3) is 5.00. The van der Waals surface area contributed by atoms with E-state index < -0.39 is 47.0 Å². The minimum atomic E-state index is -1.14. The van der Waals surface area contributed by atoms with Gasteiger partial charge in [-0.05, 0) is 36.2 Å². The van der Waals surface area contributed by atoms with Gasteiger partial charge in [-0.15, -0.1) is 0 Å². The van der Waals surface area contributed by atoms with Crippen LogP contribution in [0.5, 0.6) is 0 Å². The van der Waals surface area contributed by atoms with Crippen LogP contribution in [0.1, 0.15) is 6.42 Å². The number of rotatable bonds is 4. The number of nitrogens with zero attached hydrogens (tertiary/aromatic N) is 3. The summed E-state index contributed by atoms with van der Waals surface area (Å²) in [5.41, 5.74) is 6.88. The molecule has 6 nitrogen and oxygen atoms in total. The van der Waals surface area contributed by atoms with Crippen LogP contribution in [0, 0.1) is 34.9 Å². The van der Waals surface area contributed by atoms with E-state index in [2.05, 4.69) is 15.0 Å². The van der Waals surface area contributed by atoms with E-state index in [4.69, 9.17) is 5.73 Å². The van der Waals surface area contributed by atoms with Crippen LogP contribution in [0.2, 0.25) is 0 Å². The molecule has 0 bridgehead atoms. The fourth-order valence-electron chi connectivity index (χ4n) is 5.16. The number of fused-ring (bicyclic) bond motifs is 1. The highest BCUT2D eigenvalue weighted by atomic mass is 19.2. The lowest BCUT2D eigenvalue weighted by molar-refractivity contribution is 0.132. The molecule has 4 N–H and O–H groups in total. The molecule has 5 aromatic rings. The number of benzene rings is 3. The number of aromatic nitrogens is 3. The molecule has 0 spiro atoms. The van der Waals surface area contributed by atoms with Crippen LogP contribution in [0.25, 0.3) is 44.8 Å². The molecule has 1 aliphatic rings. The zero-order valence-corrected chi connectivity index (χ0v) is 21.1. The molecule has 0 amide bonds. The molecular weight excluding hydrogens is 548 g/mol. The second kappa shape index (κ2) is 10.2. The third-order valence-electron chi connectivity index (χ3n) is 7.07. The maximum atomic E-state index is 14.4. The third-order valence-corrected chi connectivity index (χ3v) is 7.07. The van der Waals surface area contributed by atoms with Crippen LogP contribution < -0.4 is 10.6 Å². The van der Waals surface area contributed by atoms with Crippen molar-refractivity contribution < 1.29 is 31.4 Å². The molecule has 0 unspecified atom stereocenters. The van der Waals surface area contributed by atoms with Gasteiger partial charge in [0, 0.05) is 60.7 Å². The van der Waals surface area contributed by atoms with Gasteiger partial charge in [0.25, 0.3) is 0 Å². The van der Waals surface area contributed by atoms with Crippen molar-refractivity contribution in [2.45, 2.75) is 18.6 Å². The standard InChI is InChI=1S/C29H21F6N5O/c30-15-3-13(4-16(31)7-15)19-11-37-27(14-5-17(32)8-18(33)6-14)26(28(19)40-2-1-22(36)25(41)12-40)29-38-23-9-20(34)21(35)10-24(23)39-29/h3-11,22,25,41H,1-2,12,36H2,(H,38,39)/t22-,25+/m1/s1. The van der Waals surface area contributed by atoms with Crippen molar-refractivity contribution in [2.75, 3.05) is 18.0 Å². The Kier molecular flexibility index (Phi) is 6.66. The number of pyridine rings is 1. The van der Waals surface area contributed by atoms with Crippen molar-refractivity contribution in [3.05, 3.63) is 89.6 Å². The van der Waals surface area contributed by atoms with Crippen molar-refractivity contribution in [2.24, 2.45) is 5.73 Å². The Morgan fingerprint density at radius 3 is 2.07 bits per heavy atom. The quantitative estimate of drug-likeness (QED) is 0.242. The average molecular weight is 570 g/mol. The summed E-state index contributed by atoms with van der Waals surface area (Å²) in [4.78, 5) is 13.5. The van der Waals surface area contributed by atoms with E-state index in [1.165, 1.54) is 6.20 Å². The minimum Gasteiger partial charge on any atom is -0.390 e. The van der Waals surface area contributed by atoms with Crippen molar-refractivity contribution in [1.82, 2.24) is 15.0 Å². The summed E-state index contributed by atoms with van der Waals surface area (Å²) in [5, 5.41) is 10.6. The number of H-pyrrole nitrogens is 1. The summed E-state index contributed by atoms with van der Waals surface area (Å²) >= 11 is 0. The topological polar surface area (TPSA) is 91.1 Å². The minimum absolute atomic E-state index is 0.00259. The first-order valence-electron chi connectivity index (χ1n) is 12.6. The van der Waals surface area contributed by atoms with Gasteiger partial charge in [0.05, 0.1) is 34.1 Å². The van der Waals surface area contributed by atoms with Crippen LogP contribution in [0.15, 0.2) is 54.7 Å². The van der Waals surface area contributed by atoms with Crippen molar-refractivity contribution in [3.63, 3.8) is 0 Å². The second-order valence-electron chi connectivity index (χ2n) is 9.90. The summed E-state index contributed by atoms with van der Waals surface area (Å²) in [7, 11) is 0. The number of aromatic amines is 1. The molecule has 2 atom stereocenters. The number of aliphatic hydroxyl groups is 1. The zero-order valence-electron chi connectivity index (χ0n) is 21.1. The van der Waals surface area contributed by atoms with Crippen LogP contribution in [0.3, 0.4) is 0 Å². The number of hydrogen-bond acceptors (Lipinski definition) is 5.